The van der Waals surface area contributed by atoms with Gasteiger partial charge in [-0.1, -0.05) is 6.42 Å². The van der Waals surface area contributed by atoms with Crippen LogP contribution in [0.2, 0.25) is 0 Å². The van der Waals surface area contributed by atoms with E-state index in [2.05, 4.69) is 4.90 Å². The van der Waals surface area contributed by atoms with Crippen LogP contribution in [0.3, 0.4) is 0 Å². The maximum absolute atomic E-state index is 11.8. The molecule has 0 N–H and O–H groups in total. The predicted molar refractivity (Wildman–Crippen MR) is 45.6 cm³/mol. The summed E-state index contributed by atoms with van der Waals surface area (Å²) in [5, 5.41) is 0. The number of piperidine rings is 1. The zero-order chi connectivity index (χ0) is 9.73. The fourth-order valence-corrected chi connectivity index (χ4v) is 1.69. The lowest BCUT2D eigenvalue weighted by Gasteiger charge is -2.26. The molecule has 13 heavy (non-hydrogen) atoms. The van der Waals surface area contributed by atoms with E-state index in [1.54, 1.807) is 0 Å². The Bertz CT molecular complexity index is 138. The van der Waals surface area contributed by atoms with Crippen molar-refractivity contribution < 1.29 is 13.2 Å². The lowest BCUT2D eigenvalue weighted by atomic mass is 10.1. The zero-order valence-electron chi connectivity index (χ0n) is 7.74. The summed E-state index contributed by atoms with van der Waals surface area (Å²) in [7, 11) is 0. The van der Waals surface area contributed by atoms with Gasteiger partial charge in [-0.2, -0.15) is 13.2 Å². The van der Waals surface area contributed by atoms with Crippen molar-refractivity contribution in [2.75, 3.05) is 19.6 Å². The Kier molecular flexibility index (Phi) is 4.03. The molecule has 1 heterocycles. The van der Waals surface area contributed by atoms with E-state index in [9.17, 15) is 13.2 Å². The van der Waals surface area contributed by atoms with Gasteiger partial charge in [-0.3, -0.25) is 0 Å². The summed E-state index contributed by atoms with van der Waals surface area (Å²) in [6.45, 7) is 2.58. The summed E-state index contributed by atoms with van der Waals surface area (Å²) in [4.78, 5) is 2.13. The van der Waals surface area contributed by atoms with Crippen LogP contribution < -0.4 is 0 Å². The molecule has 0 unspecified atom stereocenters. The highest BCUT2D eigenvalue weighted by Crippen LogP contribution is 2.21. The molecular weight excluding hydrogens is 179 g/mol. The highest BCUT2D eigenvalue weighted by molar-refractivity contribution is 4.65. The van der Waals surface area contributed by atoms with Crippen molar-refractivity contribution in [1.29, 1.82) is 0 Å². The van der Waals surface area contributed by atoms with Crippen LogP contribution in [0.15, 0.2) is 0 Å². The molecule has 0 atom stereocenters. The van der Waals surface area contributed by atoms with Crippen LogP contribution in [0, 0.1) is 0 Å². The largest absolute Gasteiger partial charge is 0.389 e. The minimum atomic E-state index is -3.98. The Balaban J connectivity index is 2.04. The van der Waals surface area contributed by atoms with Crippen LogP contribution in [-0.4, -0.2) is 30.7 Å². The second kappa shape index (κ2) is 4.84. The molecule has 1 fully saturated rings. The van der Waals surface area contributed by atoms with Gasteiger partial charge in [0.2, 0.25) is 0 Å². The molecule has 0 aliphatic carbocycles. The fourth-order valence-electron chi connectivity index (χ4n) is 1.69. The maximum Gasteiger partial charge on any atom is 0.389 e. The molecule has 78 valence electrons. The lowest BCUT2D eigenvalue weighted by molar-refractivity contribution is -0.136. The molecule has 1 aliphatic heterocycles. The van der Waals surface area contributed by atoms with Crippen molar-refractivity contribution in [2.24, 2.45) is 0 Å². The van der Waals surface area contributed by atoms with Crippen molar-refractivity contribution in [1.82, 2.24) is 4.90 Å². The van der Waals surface area contributed by atoms with Crippen molar-refractivity contribution in [3.05, 3.63) is 0 Å². The van der Waals surface area contributed by atoms with Gasteiger partial charge in [-0.25, -0.2) is 0 Å². The molecule has 0 saturated carbocycles. The van der Waals surface area contributed by atoms with Crippen LogP contribution in [0.25, 0.3) is 0 Å². The number of hydrogen-bond donors (Lipinski definition) is 0. The van der Waals surface area contributed by atoms with E-state index in [0.29, 0.717) is 6.54 Å². The molecule has 1 nitrogen and oxygen atoms in total. The van der Waals surface area contributed by atoms with Crippen molar-refractivity contribution in [3.63, 3.8) is 0 Å². The monoisotopic (exact) mass is 195 g/mol. The maximum atomic E-state index is 11.8. The SMILES string of the molecule is FC(F)(F)CCCN1CCCCC1. The molecule has 0 spiro atoms. The summed E-state index contributed by atoms with van der Waals surface area (Å²) in [6.07, 6.45) is -0.837. The number of halogens is 3. The summed E-state index contributed by atoms with van der Waals surface area (Å²) in [6, 6.07) is 0. The van der Waals surface area contributed by atoms with Gasteiger partial charge in [-0.15, -0.1) is 0 Å². The number of hydrogen-bond acceptors (Lipinski definition) is 1. The molecule has 1 aliphatic rings. The molecule has 0 aromatic carbocycles. The lowest BCUT2D eigenvalue weighted by Crippen LogP contribution is -2.31. The van der Waals surface area contributed by atoms with Crippen LogP contribution in [-0.2, 0) is 0 Å². The first-order valence-corrected chi connectivity index (χ1v) is 4.87. The van der Waals surface area contributed by atoms with Crippen molar-refractivity contribution >= 4 is 0 Å². The molecule has 0 bridgehead atoms. The van der Waals surface area contributed by atoms with E-state index >= 15 is 0 Å². The van der Waals surface area contributed by atoms with Crippen LogP contribution in [0.1, 0.15) is 32.1 Å². The average Bonchev–Trinajstić information content (AvgIpc) is 2.04. The number of likely N-dealkylation sites (tertiary alicyclic amines) is 1. The molecule has 0 radical (unpaired) electrons. The number of rotatable bonds is 3. The highest BCUT2D eigenvalue weighted by Gasteiger charge is 2.26. The molecule has 1 saturated heterocycles. The van der Waals surface area contributed by atoms with Gasteiger partial charge >= 0.3 is 6.18 Å². The van der Waals surface area contributed by atoms with Gasteiger partial charge in [0.15, 0.2) is 0 Å². The van der Waals surface area contributed by atoms with Crippen LogP contribution in [0.4, 0.5) is 13.2 Å². The van der Waals surface area contributed by atoms with Gasteiger partial charge in [0.1, 0.15) is 0 Å². The zero-order valence-corrected chi connectivity index (χ0v) is 7.74. The second-order valence-electron chi connectivity index (χ2n) is 3.62. The summed E-state index contributed by atoms with van der Waals surface area (Å²) in [5.41, 5.74) is 0. The first-order chi connectivity index (χ1) is 6.08. The van der Waals surface area contributed by atoms with Gasteiger partial charge in [0.05, 0.1) is 0 Å². The third kappa shape index (κ3) is 5.13. The Morgan fingerprint density at radius 3 is 2.15 bits per heavy atom. The topological polar surface area (TPSA) is 3.24 Å². The minimum absolute atomic E-state index is 0.253. The Morgan fingerprint density at radius 1 is 1.00 bits per heavy atom. The fraction of sp³-hybridized carbons (Fsp3) is 1.00. The van der Waals surface area contributed by atoms with Crippen LogP contribution in [0.5, 0.6) is 0 Å². The smallest absolute Gasteiger partial charge is 0.303 e. The van der Waals surface area contributed by atoms with Gasteiger partial charge in [-0.05, 0) is 38.9 Å². The Labute approximate surface area is 76.9 Å². The van der Waals surface area contributed by atoms with E-state index in [0.717, 1.165) is 25.9 Å². The molecule has 0 amide bonds. The molecule has 0 aromatic heterocycles. The summed E-state index contributed by atoms with van der Waals surface area (Å²) >= 11 is 0. The number of nitrogens with zero attached hydrogens (tertiary/aromatic N) is 1. The van der Waals surface area contributed by atoms with Gasteiger partial charge in [0, 0.05) is 6.42 Å². The normalized spacial score (nSPS) is 20.5. The predicted octanol–water partition coefficient (Wildman–Crippen LogP) is 2.81. The summed E-state index contributed by atoms with van der Waals surface area (Å²) in [5.74, 6) is 0. The third-order valence-corrected chi connectivity index (χ3v) is 2.38. The van der Waals surface area contributed by atoms with Crippen molar-refractivity contribution in [3.8, 4) is 0 Å². The number of alkyl halides is 3. The molecule has 1 rings (SSSR count). The Hall–Kier alpha value is -0.250. The van der Waals surface area contributed by atoms with E-state index < -0.39 is 12.6 Å². The first-order valence-electron chi connectivity index (χ1n) is 4.87. The van der Waals surface area contributed by atoms with E-state index in [1.807, 2.05) is 0 Å². The van der Waals surface area contributed by atoms with Gasteiger partial charge in [0.25, 0.3) is 0 Å². The van der Waals surface area contributed by atoms with E-state index in [4.69, 9.17) is 0 Å². The van der Waals surface area contributed by atoms with Crippen LogP contribution >= 0.6 is 0 Å². The Morgan fingerprint density at radius 2 is 1.62 bits per heavy atom. The molecule has 4 heteroatoms. The average molecular weight is 195 g/mol. The van der Waals surface area contributed by atoms with Crippen molar-refractivity contribution in [2.45, 2.75) is 38.3 Å². The van der Waals surface area contributed by atoms with E-state index in [1.165, 1.54) is 6.42 Å². The standard InChI is InChI=1S/C9H16F3N/c10-9(11,12)5-4-8-13-6-2-1-3-7-13/h1-8H2. The highest BCUT2D eigenvalue weighted by atomic mass is 19.4. The first kappa shape index (κ1) is 10.8. The van der Waals surface area contributed by atoms with E-state index in [-0.39, 0.29) is 6.42 Å². The second-order valence-corrected chi connectivity index (χ2v) is 3.62. The third-order valence-electron chi connectivity index (χ3n) is 2.38. The quantitative estimate of drug-likeness (QED) is 0.669. The molecular formula is C9H16F3N. The van der Waals surface area contributed by atoms with Gasteiger partial charge < -0.3 is 4.90 Å². The minimum Gasteiger partial charge on any atom is -0.303 e. The summed E-state index contributed by atoms with van der Waals surface area (Å²) < 4.78 is 35.4. The molecule has 0 aromatic rings.